The summed E-state index contributed by atoms with van der Waals surface area (Å²) >= 11 is -2.37. The van der Waals surface area contributed by atoms with Gasteiger partial charge in [0.05, 0.1) is 0 Å². The van der Waals surface area contributed by atoms with E-state index >= 15 is 0 Å². The Hall–Kier alpha value is 0.00870. The van der Waals surface area contributed by atoms with Gasteiger partial charge in [-0.25, -0.2) is 0 Å². The van der Waals surface area contributed by atoms with E-state index in [4.69, 9.17) is 4.74 Å². The first kappa shape index (κ1) is 22.0. The molecule has 0 aliphatic rings. The number of allylic oxidation sites excluding steroid dienone is 2. The SMILES string of the molecule is C/C=C/[CH](CC(=O)OC)[Sn]([CH2]CCC)([CH2]CCC)[CH2]CCC. The van der Waals surface area contributed by atoms with Gasteiger partial charge in [-0.2, -0.15) is 0 Å². The number of carbonyl (C=O) groups excluding carboxylic acids is 1. The second kappa shape index (κ2) is 13.4. The molecule has 1 unspecified atom stereocenters. The molecular weight excluding hydrogens is 379 g/mol. The van der Waals surface area contributed by atoms with Crippen molar-refractivity contribution in [1.82, 2.24) is 0 Å². The summed E-state index contributed by atoms with van der Waals surface area (Å²) in [5, 5.41) is 0. The maximum absolute atomic E-state index is 11.9. The van der Waals surface area contributed by atoms with E-state index < -0.39 is 18.4 Å². The van der Waals surface area contributed by atoms with E-state index in [0.29, 0.717) is 10.4 Å². The Balaban J connectivity index is 5.39. The van der Waals surface area contributed by atoms with Crippen LogP contribution in [-0.2, 0) is 9.53 Å². The minimum atomic E-state index is -2.37. The fourth-order valence-electron chi connectivity index (χ4n) is 3.50. The number of unbranched alkanes of at least 4 members (excludes halogenated alkanes) is 3. The molecular formula is C19H38O2Sn. The van der Waals surface area contributed by atoms with E-state index in [0.717, 1.165) is 0 Å². The van der Waals surface area contributed by atoms with Crippen molar-refractivity contribution in [2.75, 3.05) is 7.11 Å². The molecule has 0 spiro atoms. The Bertz CT molecular complexity index is 291. The van der Waals surface area contributed by atoms with Gasteiger partial charge in [-0.1, -0.05) is 0 Å². The third-order valence-electron chi connectivity index (χ3n) is 4.91. The van der Waals surface area contributed by atoms with Crippen molar-refractivity contribution in [1.29, 1.82) is 0 Å². The Kier molecular flexibility index (Phi) is 13.5. The fraction of sp³-hybridized carbons (Fsp3) is 0.842. The molecule has 0 radical (unpaired) electrons. The average Bonchev–Trinajstić information content (AvgIpc) is 2.54. The fourth-order valence-corrected chi connectivity index (χ4v) is 21.3. The van der Waals surface area contributed by atoms with Crippen molar-refractivity contribution in [3.05, 3.63) is 12.2 Å². The number of esters is 1. The Morgan fingerprint density at radius 1 is 1.00 bits per heavy atom. The van der Waals surface area contributed by atoms with Gasteiger partial charge in [0.1, 0.15) is 0 Å². The number of rotatable bonds is 13. The summed E-state index contributed by atoms with van der Waals surface area (Å²) < 4.78 is 9.85. The zero-order chi connectivity index (χ0) is 16.8. The monoisotopic (exact) mass is 418 g/mol. The van der Waals surface area contributed by atoms with Crippen molar-refractivity contribution in [2.24, 2.45) is 0 Å². The van der Waals surface area contributed by atoms with E-state index in [9.17, 15) is 4.79 Å². The molecule has 0 aromatic heterocycles. The first-order valence-corrected chi connectivity index (χ1v) is 17.0. The van der Waals surface area contributed by atoms with Crippen LogP contribution < -0.4 is 0 Å². The first-order chi connectivity index (χ1) is 10.6. The Morgan fingerprint density at radius 3 is 1.77 bits per heavy atom. The normalized spacial score (nSPS) is 13.5. The molecule has 0 N–H and O–H groups in total. The van der Waals surface area contributed by atoms with Crippen LogP contribution in [0.3, 0.4) is 0 Å². The van der Waals surface area contributed by atoms with E-state index in [1.165, 1.54) is 58.9 Å². The summed E-state index contributed by atoms with van der Waals surface area (Å²) in [5.41, 5.74) is 0. The molecule has 0 aliphatic carbocycles. The minimum absolute atomic E-state index is 0.0197. The van der Waals surface area contributed by atoms with Gasteiger partial charge in [0.2, 0.25) is 0 Å². The summed E-state index contributed by atoms with van der Waals surface area (Å²) in [5.74, 6) is -0.0197. The van der Waals surface area contributed by atoms with E-state index in [-0.39, 0.29) is 5.97 Å². The summed E-state index contributed by atoms with van der Waals surface area (Å²) in [4.78, 5) is 11.9. The molecule has 0 fully saturated rings. The van der Waals surface area contributed by atoms with Crippen molar-refractivity contribution < 1.29 is 9.53 Å². The quantitative estimate of drug-likeness (QED) is 0.199. The van der Waals surface area contributed by atoms with Crippen molar-refractivity contribution in [3.63, 3.8) is 0 Å². The van der Waals surface area contributed by atoms with Gasteiger partial charge in [0.25, 0.3) is 0 Å². The van der Waals surface area contributed by atoms with Gasteiger partial charge in [-0.05, 0) is 0 Å². The molecule has 0 aromatic carbocycles. The van der Waals surface area contributed by atoms with E-state index in [1.807, 2.05) is 0 Å². The number of hydrogen-bond donors (Lipinski definition) is 0. The van der Waals surface area contributed by atoms with Crippen LogP contribution >= 0.6 is 0 Å². The summed E-state index contributed by atoms with van der Waals surface area (Å²) in [6.07, 6.45) is 13.0. The number of ether oxygens (including phenoxy) is 1. The molecule has 0 saturated carbocycles. The van der Waals surface area contributed by atoms with Crippen LogP contribution in [0.1, 0.15) is 72.6 Å². The van der Waals surface area contributed by atoms with Crippen LogP contribution in [0.25, 0.3) is 0 Å². The van der Waals surface area contributed by atoms with Crippen LogP contribution in [-0.4, -0.2) is 31.5 Å². The van der Waals surface area contributed by atoms with Crippen LogP contribution in [0.4, 0.5) is 0 Å². The molecule has 0 amide bonds. The predicted molar refractivity (Wildman–Crippen MR) is 100 cm³/mol. The van der Waals surface area contributed by atoms with Crippen molar-refractivity contribution >= 4 is 24.3 Å². The van der Waals surface area contributed by atoms with Crippen LogP contribution in [0, 0.1) is 0 Å². The second-order valence-corrected chi connectivity index (χ2v) is 20.8. The molecule has 0 heterocycles. The molecule has 22 heavy (non-hydrogen) atoms. The van der Waals surface area contributed by atoms with Gasteiger partial charge < -0.3 is 0 Å². The van der Waals surface area contributed by atoms with Gasteiger partial charge in [-0.3, -0.25) is 0 Å². The van der Waals surface area contributed by atoms with Crippen molar-refractivity contribution in [3.8, 4) is 0 Å². The number of hydrogen-bond acceptors (Lipinski definition) is 2. The molecule has 0 aromatic rings. The maximum atomic E-state index is 11.9. The number of methoxy groups -OCH3 is 1. The topological polar surface area (TPSA) is 26.3 Å². The zero-order valence-corrected chi connectivity index (χ0v) is 18.5. The molecule has 0 aliphatic heterocycles. The van der Waals surface area contributed by atoms with Gasteiger partial charge in [0, 0.05) is 0 Å². The van der Waals surface area contributed by atoms with Gasteiger partial charge >= 0.3 is 143 Å². The molecule has 1 atom stereocenters. The zero-order valence-electron chi connectivity index (χ0n) is 15.6. The van der Waals surface area contributed by atoms with Crippen LogP contribution in [0.15, 0.2) is 12.2 Å². The molecule has 0 bridgehead atoms. The van der Waals surface area contributed by atoms with Crippen LogP contribution in [0.5, 0.6) is 0 Å². The summed E-state index contributed by atoms with van der Waals surface area (Å²) in [6.45, 7) is 8.98. The molecule has 3 heteroatoms. The standard InChI is InChI=1S/C7H11O2.3C4H9.Sn/c1-3-4-5-6-7(8)9-2;3*1-3-4-2;/h3-5H,6H2,1-2H3;3*1,3-4H2,2H3;/b4-3+;;;;. The second-order valence-electron chi connectivity index (χ2n) is 6.59. The summed E-state index contributed by atoms with van der Waals surface area (Å²) in [7, 11) is 1.52. The van der Waals surface area contributed by atoms with E-state index in [1.54, 1.807) is 0 Å². The van der Waals surface area contributed by atoms with Gasteiger partial charge in [0.15, 0.2) is 0 Å². The third kappa shape index (κ3) is 8.03. The molecule has 130 valence electrons. The van der Waals surface area contributed by atoms with Gasteiger partial charge in [-0.15, -0.1) is 0 Å². The van der Waals surface area contributed by atoms with E-state index in [2.05, 4.69) is 39.8 Å². The predicted octanol–water partition coefficient (Wildman–Crippen LogP) is 6.34. The molecule has 2 nitrogen and oxygen atoms in total. The Labute approximate surface area is 143 Å². The number of carbonyl (C=O) groups is 1. The van der Waals surface area contributed by atoms with Crippen LogP contribution in [0.2, 0.25) is 17.2 Å². The summed E-state index contributed by atoms with van der Waals surface area (Å²) in [6, 6.07) is 0. The Morgan fingerprint density at radius 2 is 1.45 bits per heavy atom. The third-order valence-corrected chi connectivity index (χ3v) is 22.1. The van der Waals surface area contributed by atoms with Crippen molar-refractivity contribution in [2.45, 2.75) is 89.9 Å². The molecule has 0 rings (SSSR count). The molecule has 0 saturated heterocycles. The first-order valence-electron chi connectivity index (χ1n) is 9.29. The average molecular weight is 417 g/mol.